The van der Waals surface area contributed by atoms with E-state index in [1.807, 2.05) is 48.5 Å². The van der Waals surface area contributed by atoms with E-state index in [0.29, 0.717) is 40.3 Å². The highest BCUT2D eigenvalue weighted by Crippen LogP contribution is 2.39. The van der Waals surface area contributed by atoms with Crippen LogP contribution in [0, 0.1) is 0 Å². The van der Waals surface area contributed by atoms with E-state index in [-0.39, 0.29) is 5.91 Å². The Morgan fingerprint density at radius 2 is 1.79 bits per heavy atom. The largest absolute Gasteiger partial charge is 0.454 e. The molecule has 0 bridgehead atoms. The van der Waals surface area contributed by atoms with Crippen molar-refractivity contribution in [3.05, 3.63) is 84.7 Å². The molecule has 3 aromatic heterocycles. The number of H-pyrrole nitrogens is 2. The number of fused-ring (bicyclic) bond motifs is 1. The highest BCUT2D eigenvalue weighted by molar-refractivity contribution is 6.04. The molecule has 6 rings (SSSR count). The number of aromatic nitrogens is 4. The van der Waals surface area contributed by atoms with Gasteiger partial charge in [-0.05, 0) is 81.5 Å². The van der Waals surface area contributed by atoms with Crippen LogP contribution in [0.1, 0.15) is 23.2 Å². The van der Waals surface area contributed by atoms with Crippen molar-refractivity contribution >= 4 is 28.3 Å². The zero-order valence-corrected chi connectivity index (χ0v) is 21.1. The first-order valence-corrected chi connectivity index (χ1v) is 12.7. The van der Waals surface area contributed by atoms with E-state index in [9.17, 15) is 4.79 Å². The first kappa shape index (κ1) is 23.7. The standard InChI is InChI=1S/C29H29N7O2/c1-36-16-12-21(13-17-36)31-20-8-6-19(7-9-20)29(37)33-26-18-25(34-35-26)27-28(38-22-10-14-30-15-11-22)23-4-2-3-5-24(23)32-27/h2-11,14-15,18,21,31-32H,12-13,16-17H2,1H3,(H2,33,34,35,37). The number of hydrogen-bond acceptors (Lipinski definition) is 6. The van der Waals surface area contributed by atoms with Crippen LogP contribution in [0.5, 0.6) is 11.5 Å². The third-order valence-electron chi connectivity index (χ3n) is 6.85. The molecule has 9 heteroatoms. The van der Waals surface area contributed by atoms with Gasteiger partial charge in [-0.3, -0.25) is 14.9 Å². The molecule has 4 heterocycles. The van der Waals surface area contributed by atoms with E-state index in [2.05, 4.69) is 42.7 Å². The number of aromatic amines is 2. The van der Waals surface area contributed by atoms with Gasteiger partial charge in [0.15, 0.2) is 5.75 Å². The van der Waals surface area contributed by atoms with E-state index >= 15 is 0 Å². The van der Waals surface area contributed by atoms with Gasteiger partial charge in [0.1, 0.15) is 23.0 Å². The van der Waals surface area contributed by atoms with Crippen LogP contribution in [-0.4, -0.2) is 57.2 Å². The van der Waals surface area contributed by atoms with Gasteiger partial charge in [-0.15, -0.1) is 0 Å². The van der Waals surface area contributed by atoms with Gasteiger partial charge in [0, 0.05) is 46.7 Å². The van der Waals surface area contributed by atoms with Crippen LogP contribution >= 0.6 is 0 Å². The predicted octanol–water partition coefficient (Wildman–Crippen LogP) is 5.50. The number of anilines is 2. The minimum absolute atomic E-state index is 0.212. The molecule has 0 saturated carbocycles. The van der Waals surface area contributed by atoms with Gasteiger partial charge in [0.2, 0.25) is 0 Å². The molecule has 9 nitrogen and oxygen atoms in total. The molecule has 2 aromatic carbocycles. The van der Waals surface area contributed by atoms with Crippen molar-refractivity contribution < 1.29 is 9.53 Å². The van der Waals surface area contributed by atoms with E-state index in [1.54, 1.807) is 30.6 Å². The molecule has 192 valence electrons. The molecule has 1 fully saturated rings. The fourth-order valence-corrected chi connectivity index (χ4v) is 4.74. The number of nitrogens with zero attached hydrogens (tertiary/aromatic N) is 3. The topological polar surface area (TPSA) is 111 Å². The SMILES string of the molecule is CN1CCC(Nc2ccc(C(=O)Nc3cc(-c4[nH]c5ccccc5c4Oc4ccncc4)n[nH]3)cc2)CC1. The minimum Gasteiger partial charge on any atom is -0.454 e. The number of hydrogen-bond donors (Lipinski definition) is 4. The van der Waals surface area contributed by atoms with Gasteiger partial charge in [-0.1, -0.05) is 12.1 Å². The summed E-state index contributed by atoms with van der Waals surface area (Å²) in [7, 11) is 2.15. The summed E-state index contributed by atoms with van der Waals surface area (Å²) in [6, 6.07) is 21.3. The summed E-state index contributed by atoms with van der Waals surface area (Å²) in [4.78, 5) is 22.7. The Labute approximate surface area is 220 Å². The number of pyridine rings is 1. The van der Waals surface area contributed by atoms with Gasteiger partial charge in [-0.2, -0.15) is 5.10 Å². The number of para-hydroxylation sites is 1. The van der Waals surface area contributed by atoms with Crippen LogP contribution in [0.2, 0.25) is 0 Å². The Hall–Kier alpha value is -4.63. The molecule has 0 spiro atoms. The summed E-state index contributed by atoms with van der Waals surface area (Å²) < 4.78 is 6.23. The maximum absolute atomic E-state index is 12.9. The first-order chi connectivity index (χ1) is 18.6. The van der Waals surface area contributed by atoms with Crippen molar-refractivity contribution in [2.24, 2.45) is 0 Å². The number of carbonyl (C=O) groups is 1. The monoisotopic (exact) mass is 507 g/mol. The van der Waals surface area contributed by atoms with Crippen molar-refractivity contribution in [2.45, 2.75) is 18.9 Å². The van der Waals surface area contributed by atoms with Crippen LogP contribution in [0.15, 0.2) is 79.1 Å². The lowest BCUT2D eigenvalue weighted by Gasteiger charge is -2.30. The maximum atomic E-state index is 12.9. The Bertz CT molecular complexity index is 1530. The van der Waals surface area contributed by atoms with E-state index in [1.165, 1.54) is 0 Å². The summed E-state index contributed by atoms with van der Waals surface area (Å²) in [5.41, 5.74) is 3.86. The smallest absolute Gasteiger partial charge is 0.256 e. The lowest BCUT2D eigenvalue weighted by atomic mass is 10.0. The van der Waals surface area contributed by atoms with Gasteiger partial charge < -0.3 is 25.3 Å². The van der Waals surface area contributed by atoms with Crippen molar-refractivity contribution in [2.75, 3.05) is 30.8 Å². The van der Waals surface area contributed by atoms with Crippen LogP contribution < -0.4 is 15.4 Å². The van der Waals surface area contributed by atoms with Crippen molar-refractivity contribution in [1.29, 1.82) is 0 Å². The third kappa shape index (κ3) is 5.09. The lowest BCUT2D eigenvalue weighted by molar-refractivity contribution is 0.102. The number of rotatable bonds is 7. The molecule has 38 heavy (non-hydrogen) atoms. The average molecular weight is 508 g/mol. The highest BCUT2D eigenvalue weighted by Gasteiger charge is 2.19. The molecule has 1 aliphatic heterocycles. The molecule has 5 aromatic rings. The Balaban J connectivity index is 1.17. The van der Waals surface area contributed by atoms with E-state index < -0.39 is 0 Å². The van der Waals surface area contributed by atoms with Gasteiger partial charge in [0.05, 0.1) is 0 Å². The molecule has 4 N–H and O–H groups in total. The van der Waals surface area contributed by atoms with Crippen molar-refractivity contribution in [3.8, 4) is 22.9 Å². The molecule has 0 unspecified atom stereocenters. The molecular weight excluding hydrogens is 478 g/mol. The second-order valence-corrected chi connectivity index (χ2v) is 9.58. The Kier molecular flexibility index (Phi) is 6.49. The number of piperidine rings is 1. The van der Waals surface area contributed by atoms with E-state index in [4.69, 9.17) is 4.74 Å². The number of carbonyl (C=O) groups excluding carboxylic acids is 1. The summed E-state index contributed by atoms with van der Waals surface area (Å²) >= 11 is 0. The maximum Gasteiger partial charge on any atom is 0.256 e. The fraction of sp³-hybridized carbons (Fsp3) is 0.207. The summed E-state index contributed by atoms with van der Waals surface area (Å²) in [6.07, 6.45) is 5.60. The molecule has 1 aliphatic rings. The predicted molar refractivity (Wildman–Crippen MR) is 149 cm³/mol. The second-order valence-electron chi connectivity index (χ2n) is 9.58. The highest BCUT2D eigenvalue weighted by atomic mass is 16.5. The molecular formula is C29H29N7O2. The number of benzene rings is 2. The van der Waals surface area contributed by atoms with Crippen LogP contribution in [-0.2, 0) is 0 Å². The molecule has 0 aliphatic carbocycles. The fourth-order valence-electron chi connectivity index (χ4n) is 4.74. The van der Waals surface area contributed by atoms with Crippen LogP contribution in [0.3, 0.4) is 0 Å². The van der Waals surface area contributed by atoms with Gasteiger partial charge in [0.25, 0.3) is 5.91 Å². The normalized spacial score (nSPS) is 14.4. The van der Waals surface area contributed by atoms with Gasteiger partial charge >= 0.3 is 0 Å². The van der Waals surface area contributed by atoms with E-state index in [0.717, 1.165) is 42.5 Å². The molecule has 1 saturated heterocycles. The number of likely N-dealkylation sites (tertiary alicyclic amines) is 1. The second kappa shape index (κ2) is 10.4. The summed E-state index contributed by atoms with van der Waals surface area (Å²) in [5.74, 6) is 1.61. The Morgan fingerprint density at radius 3 is 2.58 bits per heavy atom. The minimum atomic E-state index is -0.212. The third-order valence-corrected chi connectivity index (χ3v) is 6.85. The van der Waals surface area contributed by atoms with Crippen molar-refractivity contribution in [3.63, 3.8) is 0 Å². The van der Waals surface area contributed by atoms with Crippen LogP contribution in [0.25, 0.3) is 22.3 Å². The zero-order valence-electron chi connectivity index (χ0n) is 21.1. The molecule has 1 amide bonds. The number of amides is 1. The Morgan fingerprint density at radius 1 is 1.03 bits per heavy atom. The summed E-state index contributed by atoms with van der Waals surface area (Å²) in [6.45, 7) is 2.19. The lowest BCUT2D eigenvalue weighted by Crippen LogP contribution is -2.36. The first-order valence-electron chi connectivity index (χ1n) is 12.7. The van der Waals surface area contributed by atoms with Crippen LogP contribution in [0.4, 0.5) is 11.5 Å². The van der Waals surface area contributed by atoms with Gasteiger partial charge in [-0.25, -0.2) is 0 Å². The molecule has 0 radical (unpaired) electrons. The molecule has 0 atom stereocenters. The number of nitrogens with one attached hydrogen (secondary N) is 4. The van der Waals surface area contributed by atoms with Crippen molar-refractivity contribution in [1.82, 2.24) is 25.1 Å². The average Bonchev–Trinajstić information content (AvgIpc) is 3.55. The number of ether oxygens (including phenoxy) is 1. The zero-order chi connectivity index (χ0) is 25.9. The quantitative estimate of drug-likeness (QED) is 0.231. The summed E-state index contributed by atoms with van der Waals surface area (Å²) in [5, 5.41) is 14.8.